The summed E-state index contributed by atoms with van der Waals surface area (Å²) in [5, 5.41) is 0. The molecule has 0 bridgehead atoms. The fraction of sp³-hybridized carbons (Fsp3) is 0.500. The minimum Gasteiger partial charge on any atom is -0.491 e. The zero-order valence-electron chi connectivity index (χ0n) is 10.6. The fourth-order valence-electron chi connectivity index (χ4n) is 1.59. The molecule has 2 rings (SSSR count). The van der Waals surface area contributed by atoms with Crippen LogP contribution in [0, 0.1) is 0 Å². The minimum atomic E-state index is -0.149. The molecule has 1 aromatic rings. The molecular formula is C14H18O4. The summed E-state index contributed by atoms with van der Waals surface area (Å²) in [4.78, 5) is 11.2. The molecule has 1 heterocycles. The number of epoxide rings is 1. The largest absolute Gasteiger partial charge is 0.491 e. The highest BCUT2D eigenvalue weighted by molar-refractivity contribution is 5.69. The molecule has 0 aromatic heterocycles. The van der Waals surface area contributed by atoms with Gasteiger partial charge in [-0.15, -0.1) is 0 Å². The Morgan fingerprint density at radius 3 is 2.72 bits per heavy atom. The molecule has 1 aliphatic rings. The van der Waals surface area contributed by atoms with Crippen LogP contribution in [-0.2, 0) is 20.7 Å². The summed E-state index contributed by atoms with van der Waals surface area (Å²) in [5.41, 5.74) is 1.11. The molecule has 4 nitrogen and oxygen atoms in total. The van der Waals surface area contributed by atoms with Crippen molar-refractivity contribution in [3.05, 3.63) is 29.8 Å². The van der Waals surface area contributed by atoms with Crippen LogP contribution in [0.5, 0.6) is 5.75 Å². The number of aryl methyl sites for hydroxylation is 1. The third-order valence-corrected chi connectivity index (χ3v) is 2.68. The molecule has 1 saturated heterocycles. The van der Waals surface area contributed by atoms with Crippen molar-refractivity contribution in [3.8, 4) is 5.75 Å². The molecule has 4 heteroatoms. The molecule has 0 spiro atoms. The van der Waals surface area contributed by atoms with E-state index >= 15 is 0 Å². The summed E-state index contributed by atoms with van der Waals surface area (Å²) in [6.07, 6.45) is 1.39. The molecular weight excluding hydrogens is 232 g/mol. The maximum atomic E-state index is 11.2. The van der Waals surface area contributed by atoms with E-state index in [-0.39, 0.29) is 12.1 Å². The first-order valence-corrected chi connectivity index (χ1v) is 6.27. The van der Waals surface area contributed by atoms with Crippen LogP contribution in [0.25, 0.3) is 0 Å². The Morgan fingerprint density at radius 2 is 2.11 bits per heavy atom. The molecule has 0 saturated carbocycles. The highest BCUT2D eigenvalue weighted by Gasteiger charge is 2.22. The van der Waals surface area contributed by atoms with Gasteiger partial charge < -0.3 is 14.2 Å². The lowest BCUT2D eigenvalue weighted by molar-refractivity contribution is -0.143. The molecule has 1 atom stereocenters. The molecule has 0 radical (unpaired) electrons. The van der Waals surface area contributed by atoms with E-state index < -0.39 is 0 Å². The van der Waals surface area contributed by atoms with Crippen LogP contribution >= 0.6 is 0 Å². The van der Waals surface area contributed by atoms with E-state index in [1.54, 1.807) is 0 Å². The Morgan fingerprint density at radius 1 is 1.39 bits per heavy atom. The quantitative estimate of drug-likeness (QED) is 0.548. The number of benzene rings is 1. The third-order valence-electron chi connectivity index (χ3n) is 2.68. The number of hydrogen-bond donors (Lipinski definition) is 0. The van der Waals surface area contributed by atoms with Crippen LogP contribution in [0.1, 0.15) is 18.9 Å². The maximum Gasteiger partial charge on any atom is 0.306 e. The van der Waals surface area contributed by atoms with Crippen molar-refractivity contribution >= 4 is 5.97 Å². The van der Waals surface area contributed by atoms with Crippen molar-refractivity contribution in [1.82, 2.24) is 0 Å². The molecule has 1 fully saturated rings. The fourth-order valence-corrected chi connectivity index (χ4v) is 1.59. The van der Waals surface area contributed by atoms with Crippen LogP contribution in [0.2, 0.25) is 0 Å². The van der Waals surface area contributed by atoms with Gasteiger partial charge in [0.15, 0.2) is 0 Å². The molecule has 98 valence electrons. The van der Waals surface area contributed by atoms with Gasteiger partial charge in [-0.3, -0.25) is 4.79 Å². The molecule has 0 N–H and O–H groups in total. The summed E-state index contributed by atoms with van der Waals surface area (Å²) < 4.78 is 15.5. The van der Waals surface area contributed by atoms with E-state index in [1.165, 1.54) is 0 Å². The first-order chi connectivity index (χ1) is 8.78. The normalized spacial score (nSPS) is 17.3. The van der Waals surface area contributed by atoms with Crippen molar-refractivity contribution in [3.63, 3.8) is 0 Å². The standard InChI is InChI=1S/C14H18O4/c1-2-16-14(15)8-5-11-3-6-12(7-4-11)17-9-13-10-18-13/h3-4,6-7,13H,2,5,8-10H2,1H3. The van der Waals surface area contributed by atoms with Gasteiger partial charge in [-0.1, -0.05) is 12.1 Å². The highest BCUT2D eigenvalue weighted by atomic mass is 16.6. The lowest BCUT2D eigenvalue weighted by atomic mass is 10.1. The van der Waals surface area contributed by atoms with Gasteiger partial charge in [0.25, 0.3) is 0 Å². The topological polar surface area (TPSA) is 48.1 Å². The summed E-state index contributed by atoms with van der Waals surface area (Å²) in [5.74, 6) is 0.689. The predicted octanol–water partition coefficient (Wildman–Crippen LogP) is 1.96. The molecule has 1 unspecified atom stereocenters. The Kier molecular flexibility index (Phi) is 4.59. The van der Waals surface area contributed by atoms with Crippen molar-refractivity contribution in [2.45, 2.75) is 25.9 Å². The average Bonchev–Trinajstić information content (AvgIpc) is 3.19. The van der Waals surface area contributed by atoms with Crippen LogP contribution in [0.4, 0.5) is 0 Å². The maximum absolute atomic E-state index is 11.2. The summed E-state index contributed by atoms with van der Waals surface area (Å²) >= 11 is 0. The van der Waals surface area contributed by atoms with Crippen LogP contribution in [-0.4, -0.2) is 31.9 Å². The van der Waals surface area contributed by atoms with Gasteiger partial charge in [0, 0.05) is 6.42 Å². The Hall–Kier alpha value is -1.55. The summed E-state index contributed by atoms with van der Waals surface area (Å²) in [6, 6.07) is 7.79. The number of hydrogen-bond acceptors (Lipinski definition) is 4. The van der Waals surface area contributed by atoms with Gasteiger partial charge in [0.2, 0.25) is 0 Å². The Balaban J connectivity index is 1.73. The number of ether oxygens (including phenoxy) is 3. The summed E-state index contributed by atoms with van der Waals surface area (Å²) in [7, 11) is 0. The van der Waals surface area contributed by atoms with Gasteiger partial charge in [-0.2, -0.15) is 0 Å². The van der Waals surface area contributed by atoms with Crippen molar-refractivity contribution in [1.29, 1.82) is 0 Å². The van der Waals surface area contributed by atoms with E-state index in [4.69, 9.17) is 14.2 Å². The smallest absolute Gasteiger partial charge is 0.306 e. The zero-order chi connectivity index (χ0) is 12.8. The lowest BCUT2D eigenvalue weighted by Crippen LogP contribution is -2.05. The van der Waals surface area contributed by atoms with E-state index in [2.05, 4.69) is 0 Å². The van der Waals surface area contributed by atoms with Crippen molar-refractivity contribution in [2.24, 2.45) is 0 Å². The van der Waals surface area contributed by atoms with Crippen LogP contribution < -0.4 is 4.74 Å². The number of carbonyl (C=O) groups is 1. The minimum absolute atomic E-state index is 0.149. The number of carbonyl (C=O) groups excluding carboxylic acids is 1. The predicted molar refractivity (Wildman–Crippen MR) is 66.6 cm³/mol. The first-order valence-electron chi connectivity index (χ1n) is 6.27. The van der Waals surface area contributed by atoms with E-state index in [1.807, 2.05) is 31.2 Å². The number of rotatable bonds is 7. The van der Waals surface area contributed by atoms with Crippen LogP contribution in [0.3, 0.4) is 0 Å². The van der Waals surface area contributed by atoms with E-state index in [0.717, 1.165) is 17.9 Å². The summed E-state index contributed by atoms with van der Waals surface area (Å²) in [6.45, 7) is 3.67. The second kappa shape index (κ2) is 6.40. The molecule has 18 heavy (non-hydrogen) atoms. The molecule has 1 aromatic carbocycles. The van der Waals surface area contributed by atoms with Gasteiger partial charge in [0.05, 0.1) is 13.2 Å². The lowest BCUT2D eigenvalue weighted by Gasteiger charge is -2.06. The van der Waals surface area contributed by atoms with Gasteiger partial charge in [-0.05, 0) is 31.0 Å². The third kappa shape index (κ3) is 4.37. The zero-order valence-corrected chi connectivity index (χ0v) is 10.6. The van der Waals surface area contributed by atoms with E-state index in [0.29, 0.717) is 26.1 Å². The first kappa shape index (κ1) is 12.9. The van der Waals surface area contributed by atoms with E-state index in [9.17, 15) is 4.79 Å². The molecule has 0 aliphatic carbocycles. The Bertz CT molecular complexity index is 381. The average molecular weight is 250 g/mol. The highest BCUT2D eigenvalue weighted by Crippen LogP contribution is 2.16. The number of esters is 1. The van der Waals surface area contributed by atoms with Crippen LogP contribution in [0.15, 0.2) is 24.3 Å². The second-order valence-corrected chi connectivity index (χ2v) is 4.22. The van der Waals surface area contributed by atoms with Gasteiger partial charge in [0.1, 0.15) is 18.5 Å². The second-order valence-electron chi connectivity index (χ2n) is 4.22. The molecule has 0 amide bonds. The SMILES string of the molecule is CCOC(=O)CCc1ccc(OCC2CO2)cc1. The Labute approximate surface area is 107 Å². The molecule has 1 aliphatic heterocycles. The van der Waals surface area contributed by atoms with Gasteiger partial charge >= 0.3 is 5.97 Å². The van der Waals surface area contributed by atoms with Crippen molar-refractivity contribution < 1.29 is 19.0 Å². The van der Waals surface area contributed by atoms with Crippen molar-refractivity contribution in [2.75, 3.05) is 19.8 Å². The van der Waals surface area contributed by atoms with Gasteiger partial charge in [-0.25, -0.2) is 0 Å². The monoisotopic (exact) mass is 250 g/mol.